The first kappa shape index (κ1) is 83.0. The third-order valence-corrected chi connectivity index (χ3v) is 18.6. The van der Waals surface area contributed by atoms with Gasteiger partial charge < -0.3 is 28.8 Å². The Bertz CT molecular complexity index is 1420. The zero-order valence-corrected chi connectivity index (χ0v) is 58.3. The van der Waals surface area contributed by atoms with Gasteiger partial charge in [-0.3, -0.25) is 9.36 Å². The van der Waals surface area contributed by atoms with E-state index >= 15 is 0 Å². The van der Waals surface area contributed by atoms with Crippen LogP contribution in [0.5, 0.6) is 0 Å². The van der Waals surface area contributed by atoms with Crippen LogP contribution in [0.4, 0.5) is 0 Å². The molecule has 0 bridgehead atoms. The average Bonchev–Trinajstić information content (AvgIpc) is 3.56. The smallest absolute Gasteiger partial charge is 0.268 e. The number of carbonyl (C=O) groups is 1. The highest BCUT2D eigenvalue weighted by Gasteiger charge is 2.23. The van der Waals surface area contributed by atoms with Gasteiger partial charge >= 0.3 is 0 Å². The predicted octanol–water partition coefficient (Wildman–Crippen LogP) is 23.6. The summed E-state index contributed by atoms with van der Waals surface area (Å²) in [6, 6.07) is -0.902. The summed E-state index contributed by atoms with van der Waals surface area (Å²) in [7, 11) is 1.26. The Morgan fingerprint density at radius 1 is 0.405 bits per heavy atom. The number of amides is 1. The number of hydrogen-bond donors (Lipinski definition) is 2. The van der Waals surface area contributed by atoms with Crippen molar-refractivity contribution < 1.29 is 32.9 Å². The van der Waals surface area contributed by atoms with Crippen LogP contribution in [0, 0.1) is 0 Å². The third-order valence-electron chi connectivity index (χ3n) is 17.7. The van der Waals surface area contributed by atoms with Crippen molar-refractivity contribution in [3.63, 3.8) is 0 Å². The van der Waals surface area contributed by atoms with Crippen LogP contribution in [-0.4, -0.2) is 68.5 Å². The maximum atomic E-state index is 13.0. The monoisotopic (exact) mass is 1210 g/mol. The van der Waals surface area contributed by atoms with Gasteiger partial charge in [-0.05, 0) is 32.1 Å². The van der Waals surface area contributed by atoms with Gasteiger partial charge in [0.15, 0.2) is 0 Å². The molecular weight excluding hydrogens is 1060 g/mol. The van der Waals surface area contributed by atoms with Crippen LogP contribution >= 0.6 is 7.82 Å². The molecule has 2 N–H and O–H groups in total. The zero-order chi connectivity index (χ0) is 61.2. The van der Waals surface area contributed by atoms with Gasteiger partial charge in [-0.2, -0.15) is 0 Å². The van der Waals surface area contributed by atoms with Crippen LogP contribution in [0.15, 0.2) is 24.3 Å². The highest BCUT2D eigenvalue weighted by atomic mass is 31.2. The third kappa shape index (κ3) is 68.5. The second-order valence-corrected chi connectivity index (χ2v) is 28.8. The van der Waals surface area contributed by atoms with Crippen LogP contribution < -0.4 is 10.2 Å². The quantitative estimate of drug-likeness (QED) is 0.0272. The van der Waals surface area contributed by atoms with Gasteiger partial charge in [0.05, 0.1) is 39.9 Å². The summed E-state index contributed by atoms with van der Waals surface area (Å²) < 4.78 is 23.5. The number of aliphatic hydroxyl groups is 1. The number of nitrogens with one attached hydrogen (secondary N) is 1. The average molecular weight is 1210 g/mol. The van der Waals surface area contributed by atoms with Crippen molar-refractivity contribution in [1.82, 2.24) is 5.32 Å². The fourth-order valence-electron chi connectivity index (χ4n) is 11.8. The second-order valence-electron chi connectivity index (χ2n) is 27.4. The minimum Gasteiger partial charge on any atom is -0.756 e. The van der Waals surface area contributed by atoms with Crippen molar-refractivity contribution in [2.45, 2.75) is 411 Å². The molecule has 0 heterocycles. The summed E-state index contributed by atoms with van der Waals surface area (Å²) in [6.45, 7) is 4.70. The Morgan fingerprint density at radius 3 is 0.964 bits per heavy atom. The number of carbonyl (C=O) groups excluding carboxylic acids is 1. The van der Waals surface area contributed by atoms with Crippen molar-refractivity contribution in [1.29, 1.82) is 0 Å². The number of hydrogen-bond acceptors (Lipinski definition) is 6. The predicted molar refractivity (Wildman–Crippen MR) is 367 cm³/mol. The number of phosphoric acid groups is 1. The zero-order valence-electron chi connectivity index (χ0n) is 57.4. The van der Waals surface area contributed by atoms with E-state index in [1.165, 1.54) is 340 Å². The number of aliphatic hydroxyl groups excluding tert-OH is 1. The molecule has 0 fully saturated rings. The molecule has 0 spiro atoms. The number of unbranched alkanes of at least 4 members (excludes halogenated alkanes) is 56. The molecule has 3 unspecified atom stereocenters. The van der Waals surface area contributed by atoms with Crippen molar-refractivity contribution in [3.8, 4) is 0 Å². The molecule has 8 nitrogen and oxygen atoms in total. The van der Waals surface area contributed by atoms with E-state index in [4.69, 9.17) is 9.05 Å². The molecule has 0 aliphatic heterocycles. The molecule has 0 aromatic carbocycles. The lowest BCUT2D eigenvalue weighted by molar-refractivity contribution is -0.870. The molecule has 0 aromatic rings. The van der Waals surface area contributed by atoms with Crippen molar-refractivity contribution in [2.75, 3.05) is 40.9 Å². The van der Waals surface area contributed by atoms with E-state index in [-0.39, 0.29) is 19.1 Å². The van der Waals surface area contributed by atoms with Crippen molar-refractivity contribution >= 4 is 13.7 Å². The molecule has 0 saturated carbocycles. The summed E-state index contributed by atoms with van der Waals surface area (Å²) >= 11 is 0. The summed E-state index contributed by atoms with van der Waals surface area (Å²) in [6.07, 6.45) is 87.7. The van der Waals surface area contributed by atoms with Gasteiger partial charge in [0.2, 0.25) is 5.91 Å². The molecule has 9 heteroatoms. The lowest BCUT2D eigenvalue weighted by Crippen LogP contribution is -2.45. The van der Waals surface area contributed by atoms with Gasteiger partial charge in [-0.15, -0.1) is 0 Å². The number of allylic oxidation sites excluding steroid dienone is 3. The fourth-order valence-corrected chi connectivity index (χ4v) is 12.5. The number of nitrogens with zero attached hydrogens (tertiary/aromatic N) is 1. The Labute approximate surface area is 525 Å². The van der Waals surface area contributed by atoms with Crippen molar-refractivity contribution in [2.24, 2.45) is 0 Å². The molecule has 3 atom stereocenters. The van der Waals surface area contributed by atoms with Crippen molar-refractivity contribution in [3.05, 3.63) is 24.3 Å². The molecule has 0 rings (SSSR count). The van der Waals surface area contributed by atoms with E-state index in [9.17, 15) is 19.4 Å². The normalized spacial score (nSPS) is 13.7. The van der Waals surface area contributed by atoms with Crippen LogP contribution in [-0.2, 0) is 18.4 Å². The molecule has 0 saturated heterocycles. The molecule has 84 heavy (non-hydrogen) atoms. The van der Waals surface area contributed by atoms with Gasteiger partial charge in [-0.25, -0.2) is 0 Å². The van der Waals surface area contributed by atoms with Gasteiger partial charge in [0.1, 0.15) is 13.2 Å². The molecule has 1 amide bonds. The Balaban J connectivity index is 3.96. The topological polar surface area (TPSA) is 108 Å². The summed E-state index contributed by atoms with van der Waals surface area (Å²) in [4.78, 5) is 25.6. The van der Waals surface area contributed by atoms with Gasteiger partial charge in [0, 0.05) is 6.42 Å². The number of phosphoric ester groups is 1. The fraction of sp³-hybridized carbons (Fsp3) is 0.933. The lowest BCUT2D eigenvalue weighted by Gasteiger charge is -2.29. The number of quaternary nitrogens is 1. The Hall–Kier alpha value is -1.02. The summed E-state index contributed by atoms with van der Waals surface area (Å²) in [5, 5.41) is 14.0. The van der Waals surface area contributed by atoms with Gasteiger partial charge in [-0.1, -0.05) is 385 Å². The van der Waals surface area contributed by atoms with Crippen LogP contribution in [0.3, 0.4) is 0 Å². The van der Waals surface area contributed by atoms with E-state index < -0.39 is 20.0 Å². The maximum absolute atomic E-state index is 13.0. The number of rotatable bonds is 71. The summed E-state index contributed by atoms with van der Waals surface area (Å²) in [5.41, 5.74) is 0. The van der Waals surface area contributed by atoms with E-state index in [2.05, 4.69) is 31.3 Å². The molecule has 0 aliphatic carbocycles. The molecule has 0 aromatic heterocycles. The Morgan fingerprint density at radius 2 is 0.667 bits per heavy atom. The maximum Gasteiger partial charge on any atom is 0.268 e. The number of likely N-dealkylation sites (N-methyl/N-ethyl adjacent to an activating group) is 1. The first-order chi connectivity index (χ1) is 41.0. The summed E-state index contributed by atoms with van der Waals surface area (Å²) in [5.74, 6) is -0.197. The van der Waals surface area contributed by atoms with Crippen LogP contribution in [0.1, 0.15) is 399 Å². The highest BCUT2D eigenvalue weighted by Crippen LogP contribution is 2.38. The Kier molecular flexibility index (Phi) is 65.6. The standard InChI is InChI=1S/C75H149N2O6P/c1-6-8-10-12-14-16-18-20-22-24-26-28-30-32-33-34-35-36-37-38-39-40-41-42-43-45-47-49-51-53-55-57-59-61-63-65-67-69-75(79)76-73(72-83-84(80,81)82-71-70-77(3,4)5)74(78)68-66-64-62-60-58-56-54-52-50-48-46-44-31-29-27-25-23-21-19-17-15-13-11-9-7-2/h58,60,66,68,73-74,78H,6-57,59,61-65,67,69-72H2,1-5H3,(H-,76,79,80,81)/b60-58+,68-66+. The minimum atomic E-state index is -4.61. The van der Waals surface area contributed by atoms with E-state index in [0.717, 1.165) is 38.5 Å². The SMILES string of the molecule is CCCCCCCCCCCCCCCCCCCCC/C=C/CC/C=C/C(O)C(COP(=O)([O-])OCC[N+](C)(C)C)NC(=O)CCCCCCCCCCCCCCCCCCCCCCCCCCCCCCCCCCCCCCC. The van der Waals surface area contributed by atoms with E-state index in [1.54, 1.807) is 6.08 Å². The molecule has 500 valence electrons. The first-order valence-electron chi connectivity index (χ1n) is 37.7. The first-order valence-corrected chi connectivity index (χ1v) is 39.2. The van der Waals surface area contributed by atoms with Crippen LogP contribution in [0.25, 0.3) is 0 Å². The lowest BCUT2D eigenvalue weighted by atomic mass is 10.0. The highest BCUT2D eigenvalue weighted by molar-refractivity contribution is 7.45. The van der Waals surface area contributed by atoms with Crippen LogP contribution in [0.2, 0.25) is 0 Å². The second kappa shape index (κ2) is 66.4. The largest absolute Gasteiger partial charge is 0.756 e. The molecular formula is C75H149N2O6P. The van der Waals surface area contributed by atoms with Gasteiger partial charge in [0.25, 0.3) is 7.82 Å². The minimum absolute atomic E-state index is 0.00336. The molecule has 0 aliphatic rings. The molecule has 0 radical (unpaired) electrons. The van der Waals surface area contributed by atoms with E-state index in [1.807, 2.05) is 27.2 Å². The van der Waals surface area contributed by atoms with E-state index in [0.29, 0.717) is 17.4 Å².